The topological polar surface area (TPSA) is 46.6 Å². The minimum atomic E-state index is -0.255. The van der Waals surface area contributed by atoms with E-state index in [1.807, 2.05) is 18.2 Å². The standard InChI is InChI=1S/C16H19NO3/c1-11(18)20-16-9-14-15(19)8-7-13(16)17(14)10-12-5-3-2-4-6-12/h2-6,13-14,16H,7-10H2,1H3/t13-,14-,16-/m1/s1. The number of Topliss-reactive ketones (excluding diaryl/α,β-unsaturated/α-hetero) is 1. The molecule has 4 nitrogen and oxygen atoms in total. The second kappa shape index (κ2) is 5.37. The molecule has 106 valence electrons. The van der Waals surface area contributed by atoms with Gasteiger partial charge in [0.2, 0.25) is 0 Å². The van der Waals surface area contributed by atoms with Gasteiger partial charge in [-0.1, -0.05) is 30.3 Å². The highest BCUT2D eigenvalue weighted by Gasteiger charge is 2.48. The first-order valence-electron chi connectivity index (χ1n) is 7.15. The van der Waals surface area contributed by atoms with Crippen LogP contribution in [-0.4, -0.2) is 34.8 Å². The molecule has 0 N–H and O–H groups in total. The number of hydrogen-bond donors (Lipinski definition) is 0. The fraction of sp³-hybridized carbons (Fsp3) is 0.500. The molecule has 0 unspecified atom stereocenters. The molecular formula is C16H19NO3. The molecule has 2 saturated heterocycles. The van der Waals surface area contributed by atoms with Crippen LogP contribution in [0.5, 0.6) is 0 Å². The third-order valence-electron chi connectivity index (χ3n) is 4.29. The van der Waals surface area contributed by atoms with Crippen LogP contribution in [0.3, 0.4) is 0 Å². The normalized spacial score (nSPS) is 29.4. The van der Waals surface area contributed by atoms with E-state index in [1.165, 1.54) is 12.5 Å². The Hall–Kier alpha value is -1.68. The second-order valence-electron chi connectivity index (χ2n) is 5.63. The molecule has 2 fully saturated rings. The van der Waals surface area contributed by atoms with Gasteiger partial charge < -0.3 is 4.74 Å². The van der Waals surface area contributed by atoms with Crippen molar-refractivity contribution in [1.82, 2.24) is 4.90 Å². The number of nitrogens with zero attached hydrogens (tertiary/aromatic N) is 1. The lowest BCUT2D eigenvalue weighted by atomic mass is 10.0. The molecule has 2 aliphatic heterocycles. The summed E-state index contributed by atoms with van der Waals surface area (Å²) in [6, 6.07) is 10.2. The summed E-state index contributed by atoms with van der Waals surface area (Å²) in [5.41, 5.74) is 1.20. The van der Waals surface area contributed by atoms with Crippen molar-refractivity contribution in [3.05, 3.63) is 35.9 Å². The summed E-state index contributed by atoms with van der Waals surface area (Å²) in [6.07, 6.45) is 1.92. The van der Waals surface area contributed by atoms with Crippen molar-refractivity contribution >= 4 is 11.8 Å². The van der Waals surface area contributed by atoms with Gasteiger partial charge in [0.25, 0.3) is 0 Å². The average molecular weight is 273 g/mol. The molecular weight excluding hydrogens is 254 g/mol. The van der Waals surface area contributed by atoms with Crippen molar-refractivity contribution in [3.8, 4) is 0 Å². The fourth-order valence-electron chi connectivity index (χ4n) is 3.44. The van der Waals surface area contributed by atoms with Crippen molar-refractivity contribution in [1.29, 1.82) is 0 Å². The molecule has 1 aromatic carbocycles. The number of fused-ring (bicyclic) bond motifs is 2. The highest BCUT2D eigenvalue weighted by atomic mass is 16.5. The Balaban J connectivity index is 1.79. The number of benzene rings is 1. The van der Waals surface area contributed by atoms with Gasteiger partial charge in [0.1, 0.15) is 11.9 Å². The summed E-state index contributed by atoms with van der Waals surface area (Å²) in [6.45, 7) is 2.19. The molecule has 0 amide bonds. The van der Waals surface area contributed by atoms with E-state index >= 15 is 0 Å². The van der Waals surface area contributed by atoms with E-state index in [1.54, 1.807) is 0 Å². The Bertz CT molecular complexity index is 514. The fourth-order valence-corrected chi connectivity index (χ4v) is 3.44. The van der Waals surface area contributed by atoms with Gasteiger partial charge in [-0.05, 0) is 12.0 Å². The Labute approximate surface area is 118 Å². The van der Waals surface area contributed by atoms with Crippen molar-refractivity contribution in [2.24, 2.45) is 0 Å². The number of rotatable bonds is 3. The molecule has 4 heteroatoms. The summed E-state index contributed by atoms with van der Waals surface area (Å²) in [4.78, 5) is 25.5. The number of carbonyl (C=O) groups excluding carboxylic acids is 2. The van der Waals surface area contributed by atoms with Crippen molar-refractivity contribution < 1.29 is 14.3 Å². The number of ketones is 1. The molecule has 0 aliphatic carbocycles. The van der Waals surface area contributed by atoms with Crippen molar-refractivity contribution in [3.63, 3.8) is 0 Å². The maximum Gasteiger partial charge on any atom is 0.302 e. The van der Waals surface area contributed by atoms with Gasteiger partial charge in [0, 0.05) is 32.4 Å². The molecule has 2 heterocycles. The maximum atomic E-state index is 12.1. The van der Waals surface area contributed by atoms with Crippen LogP contribution in [0.1, 0.15) is 31.7 Å². The molecule has 2 aliphatic rings. The first kappa shape index (κ1) is 13.3. The first-order chi connectivity index (χ1) is 9.65. The monoisotopic (exact) mass is 273 g/mol. The highest BCUT2D eigenvalue weighted by molar-refractivity contribution is 5.85. The lowest BCUT2D eigenvalue weighted by molar-refractivity contribution is -0.147. The molecule has 2 bridgehead atoms. The van der Waals surface area contributed by atoms with Crippen LogP contribution in [0.25, 0.3) is 0 Å². The number of carbonyl (C=O) groups is 2. The smallest absolute Gasteiger partial charge is 0.302 e. The van der Waals surface area contributed by atoms with Crippen LogP contribution in [0, 0.1) is 0 Å². The van der Waals surface area contributed by atoms with E-state index < -0.39 is 0 Å². The highest BCUT2D eigenvalue weighted by Crippen LogP contribution is 2.36. The maximum absolute atomic E-state index is 12.1. The summed E-state index contributed by atoms with van der Waals surface area (Å²) in [5.74, 6) is 0.0292. The number of piperidine rings is 1. The average Bonchev–Trinajstić information content (AvgIpc) is 2.65. The van der Waals surface area contributed by atoms with E-state index in [9.17, 15) is 9.59 Å². The van der Waals surface area contributed by atoms with Gasteiger partial charge in [-0.2, -0.15) is 0 Å². The van der Waals surface area contributed by atoms with Crippen LogP contribution < -0.4 is 0 Å². The molecule has 3 rings (SSSR count). The van der Waals surface area contributed by atoms with E-state index in [0.29, 0.717) is 12.8 Å². The summed E-state index contributed by atoms with van der Waals surface area (Å²) in [7, 11) is 0. The number of hydrogen-bond acceptors (Lipinski definition) is 4. The third-order valence-corrected chi connectivity index (χ3v) is 4.29. The predicted octanol–water partition coefficient (Wildman–Crippen LogP) is 1.92. The zero-order valence-corrected chi connectivity index (χ0v) is 11.6. The Morgan fingerprint density at radius 2 is 2.10 bits per heavy atom. The molecule has 0 spiro atoms. The zero-order chi connectivity index (χ0) is 14.1. The van der Waals surface area contributed by atoms with E-state index in [-0.39, 0.29) is 29.9 Å². The van der Waals surface area contributed by atoms with Gasteiger partial charge in [-0.3, -0.25) is 14.5 Å². The molecule has 20 heavy (non-hydrogen) atoms. The third kappa shape index (κ3) is 2.48. The summed E-state index contributed by atoms with van der Waals surface area (Å²) >= 11 is 0. The van der Waals surface area contributed by atoms with Crippen molar-refractivity contribution in [2.75, 3.05) is 0 Å². The number of esters is 1. The molecule has 0 saturated carbocycles. The van der Waals surface area contributed by atoms with Crippen LogP contribution in [0.4, 0.5) is 0 Å². The zero-order valence-electron chi connectivity index (χ0n) is 11.6. The Morgan fingerprint density at radius 3 is 2.80 bits per heavy atom. The summed E-state index contributed by atoms with van der Waals surface area (Å²) in [5, 5.41) is 0. The molecule has 3 atom stereocenters. The van der Waals surface area contributed by atoms with Gasteiger partial charge in [0.15, 0.2) is 0 Å². The minimum absolute atomic E-state index is 0.0849. The minimum Gasteiger partial charge on any atom is -0.461 e. The van der Waals surface area contributed by atoms with Crippen molar-refractivity contribution in [2.45, 2.75) is 50.9 Å². The van der Waals surface area contributed by atoms with E-state index in [4.69, 9.17) is 4.74 Å². The van der Waals surface area contributed by atoms with Gasteiger partial charge in [0.05, 0.1) is 6.04 Å². The largest absolute Gasteiger partial charge is 0.461 e. The van der Waals surface area contributed by atoms with Gasteiger partial charge in [-0.25, -0.2) is 0 Å². The van der Waals surface area contributed by atoms with Gasteiger partial charge in [-0.15, -0.1) is 0 Å². The molecule has 0 radical (unpaired) electrons. The molecule has 1 aromatic rings. The van der Waals surface area contributed by atoms with E-state index in [0.717, 1.165) is 13.0 Å². The van der Waals surface area contributed by atoms with Crippen LogP contribution in [0.2, 0.25) is 0 Å². The first-order valence-corrected chi connectivity index (χ1v) is 7.15. The van der Waals surface area contributed by atoms with Crippen LogP contribution >= 0.6 is 0 Å². The lowest BCUT2D eigenvalue weighted by Gasteiger charge is -2.34. The quantitative estimate of drug-likeness (QED) is 0.789. The molecule has 0 aromatic heterocycles. The van der Waals surface area contributed by atoms with Crippen LogP contribution in [0.15, 0.2) is 30.3 Å². The second-order valence-corrected chi connectivity index (χ2v) is 5.63. The Morgan fingerprint density at radius 1 is 1.35 bits per heavy atom. The predicted molar refractivity (Wildman–Crippen MR) is 74.0 cm³/mol. The lowest BCUT2D eigenvalue weighted by Crippen LogP contribution is -2.46. The van der Waals surface area contributed by atoms with Crippen LogP contribution in [-0.2, 0) is 20.9 Å². The number of ether oxygens (including phenoxy) is 1. The SMILES string of the molecule is CC(=O)O[C@@H]1C[C@@H]2C(=O)CC[C@H]1N2Cc1ccccc1. The van der Waals surface area contributed by atoms with E-state index in [2.05, 4.69) is 17.0 Å². The van der Waals surface area contributed by atoms with Gasteiger partial charge >= 0.3 is 5.97 Å². The Kier molecular flexibility index (Phi) is 3.57. The summed E-state index contributed by atoms with van der Waals surface area (Å²) < 4.78 is 5.41.